The minimum Gasteiger partial charge on any atom is -0.338 e. The van der Waals surface area contributed by atoms with E-state index in [9.17, 15) is 9.18 Å². The maximum atomic E-state index is 12.8. The fourth-order valence-corrected chi connectivity index (χ4v) is 2.46. The highest BCUT2D eigenvalue weighted by molar-refractivity contribution is 5.73. The maximum Gasteiger partial charge on any atom is 0.317 e. The van der Waals surface area contributed by atoms with Gasteiger partial charge in [-0.2, -0.15) is 0 Å². The first-order valence-electron chi connectivity index (χ1n) is 7.53. The number of halogens is 1. The summed E-state index contributed by atoms with van der Waals surface area (Å²) in [7, 11) is 1.79. The molecule has 2 rings (SSSR count). The van der Waals surface area contributed by atoms with Crippen LogP contribution < -0.4 is 5.32 Å². The number of urea groups is 1. The van der Waals surface area contributed by atoms with Gasteiger partial charge in [0.2, 0.25) is 0 Å². The normalized spacial score (nSPS) is 17.5. The van der Waals surface area contributed by atoms with Gasteiger partial charge in [-0.3, -0.25) is 0 Å². The fraction of sp³-hybridized carbons (Fsp3) is 0.471. The Kier molecular flexibility index (Phi) is 5.78. The minimum atomic E-state index is -0.230. The summed E-state index contributed by atoms with van der Waals surface area (Å²) in [4.78, 5) is 13.7. The van der Waals surface area contributed by atoms with E-state index in [1.54, 1.807) is 24.1 Å². The van der Waals surface area contributed by atoms with Crippen LogP contribution >= 0.6 is 0 Å². The van der Waals surface area contributed by atoms with Crippen LogP contribution in [0, 0.1) is 11.7 Å². The summed E-state index contributed by atoms with van der Waals surface area (Å²) >= 11 is 0. The summed E-state index contributed by atoms with van der Waals surface area (Å²) in [6, 6.07) is 6.38. The molecule has 0 aliphatic heterocycles. The molecule has 1 aliphatic rings. The third-order valence-corrected chi connectivity index (χ3v) is 3.92. The molecule has 1 aromatic rings. The highest BCUT2D eigenvalue weighted by atomic mass is 19.1. The Balaban J connectivity index is 1.69. The number of rotatable bonds is 5. The summed E-state index contributed by atoms with van der Waals surface area (Å²) in [6.07, 6.45) is 8.44. The molecule has 0 fully saturated rings. The lowest BCUT2D eigenvalue weighted by molar-refractivity contribution is 0.207. The Morgan fingerprint density at radius 3 is 2.76 bits per heavy atom. The second-order valence-corrected chi connectivity index (χ2v) is 5.63. The Morgan fingerprint density at radius 2 is 2.10 bits per heavy atom. The average Bonchev–Trinajstić information content (AvgIpc) is 2.52. The molecule has 0 aromatic heterocycles. The molecule has 0 saturated heterocycles. The molecule has 0 radical (unpaired) electrons. The van der Waals surface area contributed by atoms with Gasteiger partial charge in [-0.15, -0.1) is 0 Å². The molecule has 114 valence electrons. The highest BCUT2D eigenvalue weighted by Crippen LogP contribution is 2.16. The van der Waals surface area contributed by atoms with Crippen molar-refractivity contribution in [1.82, 2.24) is 10.2 Å². The predicted octanol–water partition coefficient (Wildman–Crippen LogP) is 3.37. The van der Waals surface area contributed by atoms with Crippen molar-refractivity contribution in [3.05, 3.63) is 47.8 Å². The predicted molar refractivity (Wildman–Crippen MR) is 82.6 cm³/mol. The summed E-state index contributed by atoms with van der Waals surface area (Å²) in [6.45, 7) is 1.37. The molecule has 1 unspecified atom stereocenters. The van der Waals surface area contributed by atoms with E-state index in [4.69, 9.17) is 0 Å². The minimum absolute atomic E-state index is 0.0355. The first kappa shape index (κ1) is 15.5. The topological polar surface area (TPSA) is 32.3 Å². The van der Waals surface area contributed by atoms with Gasteiger partial charge in [0, 0.05) is 20.1 Å². The third kappa shape index (κ3) is 5.21. The van der Waals surface area contributed by atoms with Crippen LogP contribution in [0.5, 0.6) is 0 Å². The molecule has 21 heavy (non-hydrogen) atoms. The zero-order valence-electron chi connectivity index (χ0n) is 12.5. The molecule has 0 spiro atoms. The average molecular weight is 290 g/mol. The Labute approximate surface area is 125 Å². The van der Waals surface area contributed by atoms with Gasteiger partial charge in [-0.25, -0.2) is 9.18 Å². The van der Waals surface area contributed by atoms with Crippen LogP contribution in [0.25, 0.3) is 0 Å². The van der Waals surface area contributed by atoms with E-state index in [0.29, 0.717) is 12.5 Å². The number of benzene rings is 1. The van der Waals surface area contributed by atoms with Gasteiger partial charge >= 0.3 is 6.03 Å². The number of nitrogens with one attached hydrogen (secondary N) is 1. The molecule has 2 amide bonds. The van der Waals surface area contributed by atoms with Gasteiger partial charge in [0.15, 0.2) is 0 Å². The monoisotopic (exact) mass is 290 g/mol. The van der Waals surface area contributed by atoms with Crippen molar-refractivity contribution in [2.45, 2.75) is 25.7 Å². The summed E-state index contributed by atoms with van der Waals surface area (Å²) in [5.74, 6) is 0.329. The van der Waals surface area contributed by atoms with Gasteiger partial charge in [-0.1, -0.05) is 24.3 Å². The molecular weight excluding hydrogens is 267 g/mol. The molecule has 3 nitrogen and oxygen atoms in total. The van der Waals surface area contributed by atoms with Crippen LogP contribution in [0.3, 0.4) is 0 Å². The number of carbonyl (C=O) groups is 1. The van der Waals surface area contributed by atoms with E-state index >= 15 is 0 Å². The Morgan fingerprint density at radius 1 is 1.33 bits per heavy atom. The lowest BCUT2D eigenvalue weighted by atomic mass is 9.94. The van der Waals surface area contributed by atoms with Crippen molar-refractivity contribution < 1.29 is 9.18 Å². The Hall–Kier alpha value is -1.84. The molecule has 1 aromatic carbocycles. The molecule has 4 heteroatoms. The van der Waals surface area contributed by atoms with Gasteiger partial charge in [0.1, 0.15) is 5.82 Å². The smallest absolute Gasteiger partial charge is 0.317 e. The standard InChI is InChI=1S/C17H23FN2O/c1-20(12-11-14-7-9-16(18)10-8-14)17(21)19-13-15-5-3-2-4-6-15/h2-3,7-10,15H,4-6,11-13H2,1H3,(H,19,21). The second-order valence-electron chi connectivity index (χ2n) is 5.63. The van der Waals surface area contributed by atoms with Crippen molar-refractivity contribution >= 4 is 6.03 Å². The Bertz CT molecular complexity index is 484. The number of carbonyl (C=O) groups excluding carboxylic acids is 1. The number of amides is 2. The lowest BCUT2D eigenvalue weighted by Crippen LogP contribution is -2.40. The molecule has 1 atom stereocenters. The van der Waals surface area contributed by atoms with E-state index in [1.807, 2.05) is 0 Å². The fourth-order valence-electron chi connectivity index (χ4n) is 2.46. The first-order chi connectivity index (χ1) is 10.1. The molecule has 0 heterocycles. The summed E-state index contributed by atoms with van der Waals surface area (Å²) < 4.78 is 12.8. The maximum absolute atomic E-state index is 12.8. The van der Waals surface area contributed by atoms with Crippen LogP contribution in [-0.2, 0) is 6.42 Å². The quantitative estimate of drug-likeness (QED) is 0.829. The van der Waals surface area contributed by atoms with Crippen molar-refractivity contribution in [2.24, 2.45) is 5.92 Å². The second kappa shape index (κ2) is 7.81. The van der Waals surface area contributed by atoms with Crippen LogP contribution in [-0.4, -0.2) is 31.1 Å². The zero-order valence-corrected chi connectivity index (χ0v) is 12.5. The number of allylic oxidation sites excluding steroid dienone is 2. The lowest BCUT2D eigenvalue weighted by Gasteiger charge is -2.22. The molecule has 0 saturated carbocycles. The van der Waals surface area contributed by atoms with Gasteiger partial charge in [0.25, 0.3) is 0 Å². The van der Waals surface area contributed by atoms with Crippen molar-refractivity contribution in [1.29, 1.82) is 0 Å². The molecule has 0 bridgehead atoms. The number of likely N-dealkylation sites (N-methyl/N-ethyl adjacent to an activating group) is 1. The van der Waals surface area contributed by atoms with E-state index in [0.717, 1.165) is 37.8 Å². The number of hydrogen-bond donors (Lipinski definition) is 1. The van der Waals surface area contributed by atoms with Crippen LogP contribution in [0.2, 0.25) is 0 Å². The van der Waals surface area contributed by atoms with Crippen LogP contribution in [0.1, 0.15) is 24.8 Å². The van der Waals surface area contributed by atoms with E-state index in [1.165, 1.54) is 12.1 Å². The molecule has 1 aliphatic carbocycles. The van der Waals surface area contributed by atoms with Crippen molar-refractivity contribution in [3.63, 3.8) is 0 Å². The summed E-state index contributed by atoms with van der Waals surface area (Å²) in [5.41, 5.74) is 1.04. The van der Waals surface area contributed by atoms with Gasteiger partial charge in [0.05, 0.1) is 0 Å². The first-order valence-corrected chi connectivity index (χ1v) is 7.53. The van der Waals surface area contributed by atoms with Crippen molar-refractivity contribution in [3.8, 4) is 0 Å². The summed E-state index contributed by atoms with van der Waals surface area (Å²) in [5, 5.41) is 2.99. The number of hydrogen-bond acceptors (Lipinski definition) is 1. The number of nitrogens with zero attached hydrogens (tertiary/aromatic N) is 1. The van der Waals surface area contributed by atoms with Crippen LogP contribution in [0.15, 0.2) is 36.4 Å². The van der Waals surface area contributed by atoms with Gasteiger partial charge < -0.3 is 10.2 Å². The SMILES string of the molecule is CN(CCc1ccc(F)cc1)C(=O)NCC1CC=CCC1. The van der Waals surface area contributed by atoms with Crippen LogP contribution in [0.4, 0.5) is 9.18 Å². The van der Waals surface area contributed by atoms with E-state index in [-0.39, 0.29) is 11.8 Å². The largest absolute Gasteiger partial charge is 0.338 e. The molecule has 1 N–H and O–H groups in total. The van der Waals surface area contributed by atoms with Crippen molar-refractivity contribution in [2.75, 3.05) is 20.1 Å². The van der Waals surface area contributed by atoms with E-state index in [2.05, 4.69) is 17.5 Å². The van der Waals surface area contributed by atoms with Gasteiger partial charge in [-0.05, 0) is 49.3 Å². The third-order valence-electron chi connectivity index (χ3n) is 3.92. The zero-order chi connectivity index (χ0) is 15.1. The molecular formula is C17H23FN2O. The highest BCUT2D eigenvalue weighted by Gasteiger charge is 2.13. The van der Waals surface area contributed by atoms with E-state index < -0.39 is 0 Å².